The van der Waals surface area contributed by atoms with E-state index in [4.69, 9.17) is 0 Å². The van der Waals surface area contributed by atoms with E-state index in [9.17, 15) is 0 Å². The molecule has 1 saturated carbocycles. The average molecular weight is 603 g/mol. The van der Waals surface area contributed by atoms with Gasteiger partial charge in [-0.25, -0.2) is 0 Å². The van der Waals surface area contributed by atoms with Crippen LogP contribution in [-0.4, -0.2) is 10.5 Å². The van der Waals surface area contributed by atoms with Crippen molar-refractivity contribution in [3.8, 4) is 11.1 Å². The summed E-state index contributed by atoms with van der Waals surface area (Å²) in [6.07, 6.45) is 8.82. The molecule has 224 valence electrons. The second kappa shape index (κ2) is 8.77. The molecule has 11 rings (SSSR count). The molecule has 0 amide bonds. The minimum Gasteiger partial charge on any atom is -0.334 e. The number of rotatable bonds is 2. The molecule has 8 aromatic carbocycles. The molecular weight excluding hydrogens is 569 g/mol. The summed E-state index contributed by atoms with van der Waals surface area (Å²) in [6, 6.07) is 41.8. The van der Waals surface area contributed by atoms with Crippen LogP contribution in [0.4, 0.5) is 11.4 Å². The van der Waals surface area contributed by atoms with Gasteiger partial charge in [0.1, 0.15) is 0 Å². The van der Waals surface area contributed by atoms with Gasteiger partial charge in [-0.3, -0.25) is 4.98 Å². The maximum Gasteiger partial charge on any atom is 0.0517 e. The topological polar surface area (TPSA) is 16.1 Å². The van der Waals surface area contributed by atoms with Crippen molar-refractivity contribution in [3.05, 3.63) is 127 Å². The Labute approximate surface area is 273 Å². The van der Waals surface area contributed by atoms with Gasteiger partial charge in [0, 0.05) is 29.2 Å². The van der Waals surface area contributed by atoms with Crippen molar-refractivity contribution in [2.75, 3.05) is 4.90 Å². The molecule has 1 fully saturated rings. The SMILES string of the molecule is CC12CCCCC1(C)N(c1ccncc1)c1ccc(-c3ccc4c5cc6c(cc5c5cccc3c54)c3cccc4cccc6c43)cc12. The van der Waals surface area contributed by atoms with Crippen molar-refractivity contribution < 1.29 is 0 Å². The van der Waals surface area contributed by atoms with Crippen molar-refractivity contribution in [2.45, 2.75) is 50.5 Å². The zero-order chi connectivity index (χ0) is 31.1. The second-order valence-electron chi connectivity index (χ2n) is 14.6. The van der Waals surface area contributed by atoms with Crippen molar-refractivity contribution in [2.24, 2.45) is 0 Å². The monoisotopic (exact) mass is 602 g/mol. The molecule has 2 unspecified atom stereocenters. The lowest BCUT2D eigenvalue weighted by Gasteiger charge is -2.50. The summed E-state index contributed by atoms with van der Waals surface area (Å²) < 4.78 is 0. The first-order valence-electron chi connectivity index (χ1n) is 17.2. The molecule has 1 aliphatic heterocycles. The number of fused-ring (bicyclic) bond motifs is 9. The summed E-state index contributed by atoms with van der Waals surface area (Å²) in [7, 11) is 0. The van der Waals surface area contributed by atoms with Crippen LogP contribution in [0.2, 0.25) is 0 Å². The average Bonchev–Trinajstić information content (AvgIpc) is 3.67. The molecule has 1 aliphatic carbocycles. The van der Waals surface area contributed by atoms with Crippen LogP contribution in [0.15, 0.2) is 122 Å². The normalized spacial score (nSPS) is 21.2. The Morgan fingerprint density at radius 3 is 1.89 bits per heavy atom. The quantitative estimate of drug-likeness (QED) is 0.196. The Morgan fingerprint density at radius 2 is 1.17 bits per heavy atom. The fourth-order valence-electron chi connectivity index (χ4n) is 10.2. The van der Waals surface area contributed by atoms with E-state index in [1.165, 1.54) is 118 Å². The molecule has 0 radical (unpaired) electrons. The van der Waals surface area contributed by atoms with Crippen LogP contribution in [0.5, 0.6) is 0 Å². The lowest BCUT2D eigenvalue weighted by molar-refractivity contribution is 0.195. The Balaban J connectivity index is 1.15. The summed E-state index contributed by atoms with van der Waals surface area (Å²) in [5.74, 6) is 0. The van der Waals surface area contributed by atoms with Crippen molar-refractivity contribution in [3.63, 3.8) is 0 Å². The highest BCUT2D eigenvalue weighted by Crippen LogP contribution is 2.61. The first-order valence-corrected chi connectivity index (χ1v) is 17.2. The van der Waals surface area contributed by atoms with Gasteiger partial charge in [-0.15, -0.1) is 0 Å². The summed E-state index contributed by atoms with van der Waals surface area (Å²) in [6.45, 7) is 5.02. The van der Waals surface area contributed by atoms with E-state index in [0.717, 1.165) is 0 Å². The third kappa shape index (κ3) is 3.10. The van der Waals surface area contributed by atoms with Gasteiger partial charge in [-0.2, -0.15) is 0 Å². The van der Waals surface area contributed by atoms with Crippen molar-refractivity contribution in [1.82, 2.24) is 4.98 Å². The maximum atomic E-state index is 4.34. The molecule has 0 saturated heterocycles. The van der Waals surface area contributed by atoms with E-state index in [2.05, 4.69) is 133 Å². The van der Waals surface area contributed by atoms with E-state index in [1.54, 1.807) is 0 Å². The van der Waals surface area contributed by atoms with E-state index in [0.29, 0.717) is 0 Å². The molecule has 2 aliphatic rings. The molecule has 9 aromatic rings. The van der Waals surface area contributed by atoms with Gasteiger partial charge in [-0.05, 0) is 137 Å². The van der Waals surface area contributed by atoms with E-state index in [-0.39, 0.29) is 11.0 Å². The molecule has 0 spiro atoms. The first kappa shape index (κ1) is 25.9. The minimum atomic E-state index is 0.0283. The van der Waals surface area contributed by atoms with Crippen LogP contribution in [0, 0.1) is 0 Å². The molecule has 47 heavy (non-hydrogen) atoms. The number of aromatic nitrogens is 1. The lowest BCUT2D eigenvalue weighted by Crippen LogP contribution is -2.54. The Morgan fingerprint density at radius 1 is 0.553 bits per heavy atom. The molecule has 2 heteroatoms. The zero-order valence-electron chi connectivity index (χ0n) is 26.8. The summed E-state index contributed by atoms with van der Waals surface area (Å²) in [4.78, 5) is 6.98. The molecular formula is C45H34N2. The molecule has 0 N–H and O–H groups in total. The van der Waals surface area contributed by atoms with E-state index < -0.39 is 0 Å². The fourth-order valence-corrected chi connectivity index (χ4v) is 10.2. The third-order valence-electron chi connectivity index (χ3n) is 12.6. The largest absolute Gasteiger partial charge is 0.334 e. The zero-order valence-corrected chi connectivity index (χ0v) is 26.8. The van der Waals surface area contributed by atoms with Gasteiger partial charge in [0.15, 0.2) is 0 Å². The van der Waals surface area contributed by atoms with Crippen LogP contribution in [0.25, 0.3) is 75.8 Å². The van der Waals surface area contributed by atoms with E-state index >= 15 is 0 Å². The molecule has 2 atom stereocenters. The molecule has 1 aromatic heterocycles. The van der Waals surface area contributed by atoms with Gasteiger partial charge < -0.3 is 4.90 Å². The highest BCUT2D eigenvalue weighted by molar-refractivity contribution is 6.38. The van der Waals surface area contributed by atoms with Gasteiger partial charge in [0.05, 0.1) is 5.54 Å². The number of pyridine rings is 1. The van der Waals surface area contributed by atoms with Crippen LogP contribution in [-0.2, 0) is 5.41 Å². The van der Waals surface area contributed by atoms with Crippen LogP contribution >= 0.6 is 0 Å². The maximum absolute atomic E-state index is 4.34. The third-order valence-corrected chi connectivity index (χ3v) is 12.6. The van der Waals surface area contributed by atoms with Crippen LogP contribution in [0.1, 0.15) is 45.1 Å². The van der Waals surface area contributed by atoms with E-state index in [1.807, 2.05) is 12.4 Å². The number of anilines is 2. The van der Waals surface area contributed by atoms with Gasteiger partial charge in [-0.1, -0.05) is 92.6 Å². The van der Waals surface area contributed by atoms with Crippen LogP contribution < -0.4 is 4.90 Å². The Bertz CT molecular complexity index is 2640. The second-order valence-corrected chi connectivity index (χ2v) is 14.6. The van der Waals surface area contributed by atoms with Crippen LogP contribution in [0.3, 0.4) is 0 Å². The Kier molecular flexibility index (Phi) is 4.84. The number of hydrogen-bond donors (Lipinski definition) is 0. The van der Waals surface area contributed by atoms with Gasteiger partial charge >= 0.3 is 0 Å². The Hall–Kier alpha value is -5.21. The molecule has 2 heterocycles. The molecule has 0 bridgehead atoms. The lowest BCUT2D eigenvalue weighted by atomic mass is 9.61. The highest BCUT2D eigenvalue weighted by Gasteiger charge is 2.57. The van der Waals surface area contributed by atoms with Gasteiger partial charge in [0.25, 0.3) is 0 Å². The number of hydrogen-bond acceptors (Lipinski definition) is 2. The van der Waals surface area contributed by atoms with Crippen molar-refractivity contribution >= 4 is 76.0 Å². The first-order chi connectivity index (χ1) is 23.0. The molecule has 2 nitrogen and oxygen atoms in total. The summed E-state index contributed by atoms with van der Waals surface area (Å²) in [5, 5.41) is 16.3. The summed E-state index contributed by atoms with van der Waals surface area (Å²) in [5.41, 5.74) is 6.84. The summed E-state index contributed by atoms with van der Waals surface area (Å²) >= 11 is 0. The smallest absolute Gasteiger partial charge is 0.0517 e. The minimum absolute atomic E-state index is 0.0283. The predicted octanol–water partition coefficient (Wildman–Crippen LogP) is 12.3. The predicted molar refractivity (Wildman–Crippen MR) is 200 cm³/mol. The van der Waals surface area contributed by atoms with Crippen molar-refractivity contribution in [1.29, 1.82) is 0 Å². The number of nitrogens with zero attached hydrogens (tertiary/aromatic N) is 2. The highest BCUT2D eigenvalue weighted by atomic mass is 15.3. The van der Waals surface area contributed by atoms with Gasteiger partial charge in [0.2, 0.25) is 0 Å². The standard InChI is InChI=1S/C45H34N2/c1-44-20-3-4-21-45(44,2)47(29-18-22-46-23-19-29)41-17-14-28(24-40(41)44)30-15-16-35-39-26-37-33-11-6-9-27-8-5-10-32(42(27)33)36(37)25-38(39)34-13-7-12-31(30)43(34)35/h5-19,22-26H,3-4,20-21H2,1-2H3. The fraction of sp³-hybridized carbons (Fsp3) is 0.178. The number of benzene rings is 6.